The zero-order valence-electron chi connectivity index (χ0n) is 14.9. The van der Waals surface area contributed by atoms with Crippen LogP contribution in [0.25, 0.3) is 0 Å². The van der Waals surface area contributed by atoms with Gasteiger partial charge in [0, 0.05) is 5.56 Å². The smallest absolute Gasteiger partial charge is 0.266 e. The summed E-state index contributed by atoms with van der Waals surface area (Å²) in [7, 11) is 0. The summed E-state index contributed by atoms with van der Waals surface area (Å²) < 4.78 is 5.68. The van der Waals surface area contributed by atoms with Crippen molar-refractivity contribution in [2.24, 2.45) is 0 Å². The lowest BCUT2D eigenvalue weighted by Gasteiger charge is -2.13. The fraction of sp³-hybridized carbons (Fsp3) is 0. The Labute approximate surface area is 166 Å². The van der Waals surface area contributed by atoms with E-state index in [1.165, 1.54) is 36.4 Å². The van der Waals surface area contributed by atoms with Gasteiger partial charge in [-0.3, -0.25) is 9.59 Å². The zero-order valence-corrected chi connectivity index (χ0v) is 14.9. The minimum Gasteiger partial charge on any atom is -0.545 e. The first kappa shape index (κ1) is 18.0. The summed E-state index contributed by atoms with van der Waals surface area (Å²) in [6, 6.07) is 16.8. The minimum atomic E-state index is -1.29. The summed E-state index contributed by atoms with van der Waals surface area (Å²) in [6.45, 7) is 0. The molecular formula is C23H12NO5-. The average Bonchev–Trinajstić information content (AvgIpc) is 2.98. The second-order valence-electron chi connectivity index (χ2n) is 6.26. The molecule has 0 aromatic heterocycles. The molecule has 140 valence electrons. The molecule has 0 N–H and O–H groups in total. The van der Waals surface area contributed by atoms with E-state index in [-0.39, 0.29) is 16.7 Å². The molecule has 0 saturated heterocycles. The van der Waals surface area contributed by atoms with Gasteiger partial charge in [-0.15, -0.1) is 6.42 Å². The van der Waals surface area contributed by atoms with Crippen molar-refractivity contribution < 1.29 is 24.2 Å². The Morgan fingerprint density at radius 2 is 1.59 bits per heavy atom. The average molecular weight is 382 g/mol. The number of carbonyl (C=O) groups is 3. The van der Waals surface area contributed by atoms with Gasteiger partial charge in [-0.25, -0.2) is 4.90 Å². The lowest BCUT2D eigenvalue weighted by molar-refractivity contribution is -0.255. The minimum absolute atomic E-state index is 0.0249. The van der Waals surface area contributed by atoms with Gasteiger partial charge in [0.25, 0.3) is 11.8 Å². The molecule has 0 fully saturated rings. The molecule has 6 heteroatoms. The van der Waals surface area contributed by atoms with Gasteiger partial charge in [0.15, 0.2) is 0 Å². The van der Waals surface area contributed by atoms with Crippen LogP contribution in [0.4, 0.5) is 5.69 Å². The SMILES string of the molecule is C#Cc1cccc(N2C(=O)c3ccc(Oc4ccc(C(=O)[O-])cc4)cc3C2=O)c1. The van der Waals surface area contributed by atoms with Crippen LogP contribution in [0.2, 0.25) is 0 Å². The van der Waals surface area contributed by atoms with Crippen molar-refractivity contribution >= 4 is 23.5 Å². The molecule has 0 saturated carbocycles. The summed E-state index contributed by atoms with van der Waals surface area (Å²) in [5.74, 6) is 0.996. The van der Waals surface area contributed by atoms with Crippen LogP contribution >= 0.6 is 0 Å². The van der Waals surface area contributed by atoms with Crippen LogP contribution in [0.15, 0.2) is 66.7 Å². The standard InChI is InChI=1S/C23H13NO5/c1-2-14-4-3-5-16(12-14)24-21(25)19-11-10-18(13-20(19)22(24)26)29-17-8-6-15(7-9-17)23(27)28/h1,3-13H,(H,27,28)/p-1. The van der Waals surface area contributed by atoms with E-state index < -0.39 is 17.8 Å². The molecule has 4 rings (SSSR count). The number of ether oxygens (including phenoxy) is 1. The Morgan fingerprint density at radius 1 is 0.897 bits per heavy atom. The van der Waals surface area contributed by atoms with Gasteiger partial charge < -0.3 is 14.6 Å². The van der Waals surface area contributed by atoms with Crippen LogP contribution in [0.5, 0.6) is 11.5 Å². The van der Waals surface area contributed by atoms with Crippen molar-refractivity contribution in [1.29, 1.82) is 0 Å². The largest absolute Gasteiger partial charge is 0.545 e. The molecule has 0 atom stereocenters. The van der Waals surface area contributed by atoms with Crippen LogP contribution < -0.4 is 14.7 Å². The fourth-order valence-corrected chi connectivity index (χ4v) is 3.05. The van der Waals surface area contributed by atoms with Crippen LogP contribution in [-0.2, 0) is 0 Å². The number of carbonyl (C=O) groups excluding carboxylic acids is 3. The van der Waals surface area contributed by atoms with Crippen LogP contribution in [0, 0.1) is 12.3 Å². The number of aromatic carboxylic acids is 1. The number of fused-ring (bicyclic) bond motifs is 1. The molecule has 1 aliphatic rings. The van der Waals surface area contributed by atoms with Crippen molar-refractivity contribution in [2.45, 2.75) is 0 Å². The van der Waals surface area contributed by atoms with Gasteiger partial charge in [-0.05, 0) is 66.2 Å². The normalized spacial score (nSPS) is 12.4. The number of hydrogen-bond acceptors (Lipinski definition) is 5. The zero-order chi connectivity index (χ0) is 20.5. The third kappa shape index (κ3) is 3.22. The van der Waals surface area contributed by atoms with E-state index in [9.17, 15) is 19.5 Å². The van der Waals surface area contributed by atoms with Crippen molar-refractivity contribution in [3.63, 3.8) is 0 Å². The van der Waals surface area contributed by atoms with Crippen molar-refractivity contribution in [3.8, 4) is 23.8 Å². The number of hydrogen-bond donors (Lipinski definition) is 0. The van der Waals surface area contributed by atoms with Gasteiger partial charge in [-0.1, -0.05) is 12.0 Å². The van der Waals surface area contributed by atoms with Crippen LogP contribution in [0.3, 0.4) is 0 Å². The first-order valence-corrected chi connectivity index (χ1v) is 8.57. The highest BCUT2D eigenvalue weighted by atomic mass is 16.5. The highest BCUT2D eigenvalue weighted by Gasteiger charge is 2.37. The predicted octanol–water partition coefficient (Wildman–Crippen LogP) is 2.62. The topological polar surface area (TPSA) is 86.7 Å². The van der Waals surface area contributed by atoms with E-state index >= 15 is 0 Å². The van der Waals surface area contributed by atoms with E-state index in [1.54, 1.807) is 30.3 Å². The molecule has 0 spiro atoms. The Hall–Kier alpha value is -4.37. The number of carboxylic acids is 1. The molecule has 29 heavy (non-hydrogen) atoms. The molecular weight excluding hydrogens is 370 g/mol. The molecule has 6 nitrogen and oxygen atoms in total. The first-order valence-electron chi connectivity index (χ1n) is 8.57. The maximum Gasteiger partial charge on any atom is 0.266 e. The number of imide groups is 1. The molecule has 3 aromatic rings. The Morgan fingerprint density at radius 3 is 2.28 bits per heavy atom. The van der Waals surface area contributed by atoms with E-state index in [0.29, 0.717) is 22.7 Å². The number of amides is 2. The van der Waals surface area contributed by atoms with E-state index in [4.69, 9.17) is 11.2 Å². The second kappa shape index (κ2) is 6.98. The molecule has 3 aromatic carbocycles. The van der Waals surface area contributed by atoms with Gasteiger partial charge in [0.05, 0.1) is 22.8 Å². The van der Waals surface area contributed by atoms with Gasteiger partial charge in [-0.2, -0.15) is 0 Å². The number of nitrogens with zero attached hydrogens (tertiary/aromatic N) is 1. The quantitative estimate of drug-likeness (QED) is 0.511. The van der Waals surface area contributed by atoms with Crippen LogP contribution in [0.1, 0.15) is 36.6 Å². The first-order chi connectivity index (χ1) is 14.0. The second-order valence-corrected chi connectivity index (χ2v) is 6.26. The third-order valence-corrected chi connectivity index (χ3v) is 4.45. The fourth-order valence-electron chi connectivity index (χ4n) is 3.05. The van der Waals surface area contributed by atoms with E-state index in [2.05, 4.69) is 5.92 Å². The summed E-state index contributed by atoms with van der Waals surface area (Å²) >= 11 is 0. The summed E-state index contributed by atoms with van der Waals surface area (Å²) in [5, 5.41) is 10.8. The molecule has 2 amide bonds. The number of terminal acetylenes is 1. The van der Waals surface area contributed by atoms with E-state index in [0.717, 1.165) is 4.90 Å². The number of anilines is 1. The Bertz CT molecular complexity index is 1200. The maximum absolute atomic E-state index is 12.9. The predicted molar refractivity (Wildman–Crippen MR) is 103 cm³/mol. The van der Waals surface area contributed by atoms with E-state index in [1.807, 2.05) is 0 Å². The molecule has 0 unspecified atom stereocenters. The molecule has 0 radical (unpaired) electrons. The molecule has 1 aliphatic heterocycles. The van der Waals surface area contributed by atoms with Crippen LogP contribution in [-0.4, -0.2) is 17.8 Å². The van der Waals surface area contributed by atoms with Gasteiger partial charge >= 0.3 is 0 Å². The summed E-state index contributed by atoms with van der Waals surface area (Å²) in [5.41, 5.74) is 1.46. The lowest BCUT2D eigenvalue weighted by Crippen LogP contribution is -2.29. The van der Waals surface area contributed by atoms with Crippen molar-refractivity contribution in [2.75, 3.05) is 4.90 Å². The third-order valence-electron chi connectivity index (χ3n) is 4.45. The highest BCUT2D eigenvalue weighted by Crippen LogP contribution is 2.32. The lowest BCUT2D eigenvalue weighted by atomic mass is 10.1. The Balaban J connectivity index is 1.63. The number of carboxylic acid groups (broad SMARTS) is 1. The Kier molecular flexibility index (Phi) is 4.34. The van der Waals surface area contributed by atoms with Crippen molar-refractivity contribution in [3.05, 3.63) is 89.0 Å². The monoisotopic (exact) mass is 382 g/mol. The highest BCUT2D eigenvalue weighted by molar-refractivity contribution is 6.34. The van der Waals surface area contributed by atoms with Crippen molar-refractivity contribution in [1.82, 2.24) is 0 Å². The maximum atomic E-state index is 12.9. The number of rotatable bonds is 4. The molecule has 1 heterocycles. The summed E-state index contributed by atoms with van der Waals surface area (Å²) in [4.78, 5) is 37.5. The number of benzene rings is 3. The molecule has 0 bridgehead atoms. The summed E-state index contributed by atoms with van der Waals surface area (Å²) in [6.07, 6.45) is 5.40. The molecule has 0 aliphatic carbocycles. The van der Waals surface area contributed by atoms with Gasteiger partial charge in [0.2, 0.25) is 0 Å². The van der Waals surface area contributed by atoms with Gasteiger partial charge in [0.1, 0.15) is 11.5 Å².